The van der Waals surface area contributed by atoms with E-state index in [-0.39, 0.29) is 6.03 Å². The van der Waals surface area contributed by atoms with Crippen LogP contribution < -0.4 is 15.1 Å². The Kier molecular flexibility index (Phi) is 5.83. The van der Waals surface area contributed by atoms with Crippen molar-refractivity contribution in [3.8, 4) is 0 Å². The van der Waals surface area contributed by atoms with E-state index in [0.29, 0.717) is 31.2 Å². The smallest absolute Gasteiger partial charge is 0.317 e. The van der Waals surface area contributed by atoms with E-state index in [9.17, 15) is 13.6 Å². The van der Waals surface area contributed by atoms with Crippen LogP contribution in [0.25, 0.3) is 0 Å². The fourth-order valence-electron chi connectivity index (χ4n) is 4.07. The van der Waals surface area contributed by atoms with Gasteiger partial charge < -0.3 is 20.0 Å². The van der Waals surface area contributed by atoms with E-state index in [1.165, 1.54) is 11.8 Å². The molecule has 4 rings (SSSR count). The number of halogens is 2. The van der Waals surface area contributed by atoms with Crippen LogP contribution >= 0.6 is 0 Å². The number of rotatable bonds is 4. The van der Waals surface area contributed by atoms with Crippen molar-refractivity contribution in [2.24, 2.45) is 5.92 Å². The molecule has 5 nitrogen and oxygen atoms in total. The molecule has 0 spiro atoms. The van der Waals surface area contributed by atoms with E-state index in [1.54, 1.807) is 6.07 Å². The Balaban J connectivity index is 1.22. The zero-order valence-corrected chi connectivity index (χ0v) is 16.4. The lowest BCUT2D eigenvalue weighted by atomic mass is 10.1. The van der Waals surface area contributed by atoms with Gasteiger partial charge in [-0.2, -0.15) is 0 Å². The van der Waals surface area contributed by atoms with Crippen molar-refractivity contribution in [1.82, 2.24) is 10.2 Å². The lowest BCUT2D eigenvalue weighted by molar-refractivity contribution is 0.193. The molecule has 0 saturated carbocycles. The summed E-state index contributed by atoms with van der Waals surface area (Å²) in [6.07, 6.45) is 0.918. The maximum absolute atomic E-state index is 13.5. The zero-order chi connectivity index (χ0) is 20.2. The minimum atomic E-state index is -0.830. The van der Waals surface area contributed by atoms with Gasteiger partial charge >= 0.3 is 6.03 Å². The molecular weight excluding hydrogens is 374 g/mol. The monoisotopic (exact) mass is 400 g/mol. The third kappa shape index (κ3) is 4.60. The van der Waals surface area contributed by atoms with E-state index >= 15 is 0 Å². The minimum absolute atomic E-state index is 0.0241. The van der Waals surface area contributed by atoms with Crippen LogP contribution in [0.3, 0.4) is 0 Å². The second-order valence-electron chi connectivity index (χ2n) is 7.69. The first-order valence-electron chi connectivity index (χ1n) is 10.1. The van der Waals surface area contributed by atoms with E-state index in [2.05, 4.69) is 22.3 Å². The first kappa shape index (κ1) is 19.5. The highest BCUT2D eigenvalue weighted by atomic mass is 19.2. The molecule has 2 saturated heterocycles. The average Bonchev–Trinajstić information content (AvgIpc) is 3.24. The largest absolute Gasteiger partial charge is 0.371 e. The molecule has 2 fully saturated rings. The van der Waals surface area contributed by atoms with Crippen LogP contribution in [-0.4, -0.2) is 56.7 Å². The van der Waals surface area contributed by atoms with Crippen LogP contribution in [0.4, 0.5) is 25.0 Å². The molecule has 0 aliphatic carbocycles. The number of carbonyl (C=O) groups is 1. The number of urea groups is 1. The number of para-hydroxylation sites is 1. The van der Waals surface area contributed by atoms with Crippen molar-refractivity contribution in [1.29, 1.82) is 0 Å². The molecule has 154 valence electrons. The Labute approximate surface area is 169 Å². The van der Waals surface area contributed by atoms with Gasteiger partial charge in [-0.15, -0.1) is 0 Å². The fourth-order valence-corrected chi connectivity index (χ4v) is 4.07. The molecular formula is C22H26F2N4O. The third-order valence-corrected chi connectivity index (χ3v) is 5.78. The first-order valence-corrected chi connectivity index (χ1v) is 10.1. The summed E-state index contributed by atoms with van der Waals surface area (Å²) in [5.41, 5.74) is 1.88. The number of carbonyl (C=O) groups excluding carboxylic acids is 1. The molecule has 1 unspecified atom stereocenters. The summed E-state index contributed by atoms with van der Waals surface area (Å²) in [6, 6.07) is 14.2. The van der Waals surface area contributed by atoms with Gasteiger partial charge in [0.1, 0.15) is 0 Å². The highest BCUT2D eigenvalue weighted by molar-refractivity contribution is 5.74. The van der Waals surface area contributed by atoms with E-state index in [1.807, 2.05) is 28.0 Å². The molecule has 2 aromatic carbocycles. The van der Waals surface area contributed by atoms with Crippen molar-refractivity contribution in [3.63, 3.8) is 0 Å². The van der Waals surface area contributed by atoms with Gasteiger partial charge in [0.2, 0.25) is 0 Å². The number of benzene rings is 2. The summed E-state index contributed by atoms with van der Waals surface area (Å²) in [6.45, 7) is 5.15. The quantitative estimate of drug-likeness (QED) is 0.856. The van der Waals surface area contributed by atoms with Crippen molar-refractivity contribution >= 4 is 17.4 Å². The van der Waals surface area contributed by atoms with Gasteiger partial charge in [0.05, 0.1) is 0 Å². The molecule has 2 amide bonds. The fraction of sp³-hybridized carbons (Fsp3) is 0.409. The minimum Gasteiger partial charge on any atom is -0.371 e. The van der Waals surface area contributed by atoms with Gasteiger partial charge in [-0.1, -0.05) is 18.2 Å². The van der Waals surface area contributed by atoms with Gasteiger partial charge in [-0.3, -0.25) is 0 Å². The molecule has 29 heavy (non-hydrogen) atoms. The summed E-state index contributed by atoms with van der Waals surface area (Å²) >= 11 is 0. The molecule has 7 heteroatoms. The van der Waals surface area contributed by atoms with E-state index in [4.69, 9.17) is 0 Å². The molecule has 2 heterocycles. The van der Waals surface area contributed by atoms with Gasteiger partial charge in [-0.25, -0.2) is 13.6 Å². The number of hydrogen-bond acceptors (Lipinski definition) is 3. The van der Waals surface area contributed by atoms with Crippen LogP contribution in [-0.2, 0) is 0 Å². The maximum Gasteiger partial charge on any atom is 0.317 e. The molecule has 1 N–H and O–H groups in total. The summed E-state index contributed by atoms with van der Waals surface area (Å²) in [7, 11) is 0. The molecule has 0 bridgehead atoms. The molecule has 2 aliphatic heterocycles. The van der Waals surface area contributed by atoms with Crippen molar-refractivity contribution in [2.75, 3.05) is 55.6 Å². The SMILES string of the molecule is O=C(NCC1CCN(c2ccc(F)c(F)c2)C1)N1CCN(c2ccccc2)CC1. The normalized spacial score (nSPS) is 19.5. The van der Waals surface area contributed by atoms with Crippen LogP contribution in [0.15, 0.2) is 48.5 Å². The van der Waals surface area contributed by atoms with Gasteiger partial charge in [0.25, 0.3) is 0 Å². The second kappa shape index (κ2) is 8.68. The van der Waals surface area contributed by atoms with Gasteiger partial charge in [-0.05, 0) is 36.6 Å². The van der Waals surface area contributed by atoms with Crippen molar-refractivity contribution < 1.29 is 13.6 Å². The number of nitrogens with zero attached hydrogens (tertiary/aromatic N) is 3. The molecule has 1 atom stereocenters. The number of hydrogen-bond donors (Lipinski definition) is 1. The highest BCUT2D eigenvalue weighted by Gasteiger charge is 2.26. The summed E-state index contributed by atoms with van der Waals surface area (Å²) in [4.78, 5) is 18.7. The Morgan fingerprint density at radius 3 is 2.38 bits per heavy atom. The lowest BCUT2D eigenvalue weighted by Crippen LogP contribution is -2.52. The Morgan fingerprint density at radius 1 is 0.897 bits per heavy atom. The molecule has 0 radical (unpaired) electrons. The molecule has 2 aliphatic rings. The number of anilines is 2. The Morgan fingerprint density at radius 2 is 1.66 bits per heavy atom. The van der Waals surface area contributed by atoms with E-state index < -0.39 is 11.6 Å². The maximum atomic E-state index is 13.5. The van der Waals surface area contributed by atoms with E-state index in [0.717, 1.165) is 38.7 Å². The molecule has 2 aromatic rings. The topological polar surface area (TPSA) is 38.8 Å². The van der Waals surface area contributed by atoms with Crippen LogP contribution in [0.2, 0.25) is 0 Å². The average molecular weight is 400 g/mol. The van der Waals surface area contributed by atoms with Gasteiger partial charge in [0, 0.05) is 63.3 Å². The summed E-state index contributed by atoms with van der Waals surface area (Å²) < 4.78 is 26.6. The highest BCUT2D eigenvalue weighted by Crippen LogP contribution is 2.25. The van der Waals surface area contributed by atoms with Crippen LogP contribution in [0.1, 0.15) is 6.42 Å². The number of nitrogens with one attached hydrogen (secondary N) is 1. The zero-order valence-electron chi connectivity index (χ0n) is 16.4. The third-order valence-electron chi connectivity index (χ3n) is 5.78. The van der Waals surface area contributed by atoms with Crippen molar-refractivity contribution in [2.45, 2.75) is 6.42 Å². The van der Waals surface area contributed by atoms with Gasteiger partial charge in [0.15, 0.2) is 11.6 Å². The van der Waals surface area contributed by atoms with Crippen LogP contribution in [0, 0.1) is 17.6 Å². The molecule has 0 aromatic heterocycles. The number of amides is 2. The van der Waals surface area contributed by atoms with Crippen molar-refractivity contribution in [3.05, 3.63) is 60.2 Å². The predicted octanol–water partition coefficient (Wildman–Crippen LogP) is 3.32. The van der Waals surface area contributed by atoms with Crippen LogP contribution in [0.5, 0.6) is 0 Å². The second-order valence-corrected chi connectivity index (χ2v) is 7.69. The standard InChI is InChI=1S/C22H26F2N4O/c23-20-7-6-19(14-21(20)24)28-9-8-17(16-28)15-25-22(29)27-12-10-26(11-13-27)18-4-2-1-3-5-18/h1-7,14,17H,8-13,15-16H2,(H,25,29). The predicted molar refractivity (Wildman–Crippen MR) is 110 cm³/mol. The lowest BCUT2D eigenvalue weighted by Gasteiger charge is -2.36. The summed E-state index contributed by atoms with van der Waals surface area (Å²) in [5, 5.41) is 3.05. The number of piperazine rings is 1. The Hall–Kier alpha value is -2.83. The Bertz CT molecular complexity index is 840. The first-order chi connectivity index (χ1) is 14.1. The summed E-state index contributed by atoms with van der Waals surface area (Å²) in [5.74, 6) is -1.35.